The van der Waals surface area contributed by atoms with Crippen molar-refractivity contribution in [2.75, 3.05) is 13.6 Å². The van der Waals surface area contributed by atoms with Crippen LogP contribution in [0.4, 0.5) is 0 Å². The SMILES string of the molecule is CNC(=O)C(C)(C)CNC(=O)C1(C(=O)O)CC1. The number of amides is 2. The summed E-state index contributed by atoms with van der Waals surface area (Å²) in [7, 11) is 1.52. The zero-order valence-corrected chi connectivity index (χ0v) is 10.3. The standard InChI is InChI=1S/C11H18N2O4/c1-10(2,7(14)12-3)6-13-8(15)11(4-5-11)9(16)17/h4-6H2,1-3H3,(H,12,14)(H,13,15)(H,16,17). The van der Waals surface area contributed by atoms with Crippen molar-refractivity contribution in [1.82, 2.24) is 10.6 Å². The van der Waals surface area contributed by atoms with E-state index in [2.05, 4.69) is 10.6 Å². The van der Waals surface area contributed by atoms with Crippen molar-refractivity contribution in [3.8, 4) is 0 Å². The van der Waals surface area contributed by atoms with Crippen molar-refractivity contribution in [2.45, 2.75) is 26.7 Å². The fourth-order valence-electron chi connectivity index (χ4n) is 1.55. The highest BCUT2D eigenvalue weighted by atomic mass is 16.4. The quantitative estimate of drug-likeness (QED) is 0.579. The maximum Gasteiger partial charge on any atom is 0.319 e. The van der Waals surface area contributed by atoms with Gasteiger partial charge in [-0.25, -0.2) is 0 Å². The molecule has 0 bridgehead atoms. The summed E-state index contributed by atoms with van der Waals surface area (Å²) in [5.74, 6) is -1.78. The molecule has 1 saturated carbocycles. The van der Waals surface area contributed by atoms with Crippen molar-refractivity contribution in [1.29, 1.82) is 0 Å². The zero-order valence-electron chi connectivity index (χ0n) is 10.3. The molecule has 1 aliphatic rings. The highest BCUT2D eigenvalue weighted by molar-refractivity contribution is 6.05. The summed E-state index contributed by atoms with van der Waals surface area (Å²) < 4.78 is 0. The van der Waals surface area contributed by atoms with E-state index in [0.717, 1.165) is 0 Å². The minimum Gasteiger partial charge on any atom is -0.480 e. The van der Waals surface area contributed by atoms with Gasteiger partial charge in [0, 0.05) is 13.6 Å². The third-order valence-corrected chi connectivity index (χ3v) is 3.13. The molecule has 0 atom stereocenters. The third kappa shape index (κ3) is 2.57. The van der Waals surface area contributed by atoms with Crippen molar-refractivity contribution >= 4 is 17.8 Å². The number of carbonyl (C=O) groups excluding carboxylic acids is 2. The van der Waals surface area contributed by atoms with E-state index in [-0.39, 0.29) is 12.5 Å². The first-order valence-electron chi connectivity index (χ1n) is 5.50. The molecule has 0 radical (unpaired) electrons. The molecule has 0 unspecified atom stereocenters. The Morgan fingerprint density at radius 3 is 2.18 bits per heavy atom. The van der Waals surface area contributed by atoms with Gasteiger partial charge in [0.25, 0.3) is 0 Å². The molecule has 0 heterocycles. The van der Waals surface area contributed by atoms with E-state index >= 15 is 0 Å². The smallest absolute Gasteiger partial charge is 0.319 e. The first-order valence-corrected chi connectivity index (χ1v) is 5.50. The predicted octanol–water partition coefficient (Wildman–Crippen LogP) is -0.260. The van der Waals surface area contributed by atoms with Gasteiger partial charge in [0.15, 0.2) is 0 Å². The number of hydrogen-bond acceptors (Lipinski definition) is 3. The van der Waals surface area contributed by atoms with Gasteiger partial charge in [0.2, 0.25) is 11.8 Å². The normalized spacial score (nSPS) is 17.1. The molecule has 1 aliphatic carbocycles. The molecule has 6 nitrogen and oxygen atoms in total. The van der Waals surface area contributed by atoms with E-state index < -0.39 is 22.7 Å². The van der Waals surface area contributed by atoms with E-state index in [9.17, 15) is 14.4 Å². The lowest BCUT2D eigenvalue weighted by Gasteiger charge is -2.23. The lowest BCUT2D eigenvalue weighted by Crippen LogP contribution is -2.46. The molecule has 0 aromatic rings. The molecule has 0 aromatic heterocycles. The van der Waals surface area contributed by atoms with Crippen LogP contribution in [0.3, 0.4) is 0 Å². The Hall–Kier alpha value is -1.59. The van der Waals surface area contributed by atoms with Crippen LogP contribution in [0.25, 0.3) is 0 Å². The summed E-state index contributed by atoms with van der Waals surface area (Å²) in [5, 5.41) is 14.0. The van der Waals surface area contributed by atoms with Crippen LogP contribution in [0.2, 0.25) is 0 Å². The van der Waals surface area contributed by atoms with Crippen LogP contribution < -0.4 is 10.6 Å². The highest BCUT2D eigenvalue weighted by Crippen LogP contribution is 2.46. The van der Waals surface area contributed by atoms with E-state index in [1.165, 1.54) is 7.05 Å². The maximum absolute atomic E-state index is 11.7. The van der Waals surface area contributed by atoms with E-state index in [1.54, 1.807) is 13.8 Å². The fraction of sp³-hybridized carbons (Fsp3) is 0.727. The van der Waals surface area contributed by atoms with Crippen molar-refractivity contribution in [2.24, 2.45) is 10.8 Å². The zero-order chi connectivity index (χ0) is 13.3. The van der Waals surface area contributed by atoms with Crippen LogP contribution in [0, 0.1) is 10.8 Å². The van der Waals surface area contributed by atoms with E-state index in [0.29, 0.717) is 12.8 Å². The lowest BCUT2D eigenvalue weighted by molar-refractivity contribution is -0.149. The number of carboxylic acid groups (broad SMARTS) is 1. The Bertz CT molecular complexity index is 358. The second-order valence-electron chi connectivity index (χ2n) is 5.03. The van der Waals surface area contributed by atoms with Crippen LogP contribution >= 0.6 is 0 Å². The second-order valence-corrected chi connectivity index (χ2v) is 5.03. The monoisotopic (exact) mass is 242 g/mol. The minimum absolute atomic E-state index is 0.126. The van der Waals surface area contributed by atoms with Crippen LogP contribution in [0.5, 0.6) is 0 Å². The Morgan fingerprint density at radius 1 is 1.29 bits per heavy atom. The molecule has 2 amide bonds. The maximum atomic E-state index is 11.7. The average molecular weight is 242 g/mol. The lowest BCUT2D eigenvalue weighted by atomic mass is 9.92. The molecule has 0 aromatic carbocycles. The molecular formula is C11H18N2O4. The topological polar surface area (TPSA) is 95.5 Å². The van der Waals surface area contributed by atoms with Crippen LogP contribution in [-0.4, -0.2) is 36.5 Å². The Labute approximate surface area is 99.8 Å². The van der Waals surface area contributed by atoms with Crippen LogP contribution in [-0.2, 0) is 14.4 Å². The van der Waals surface area contributed by atoms with Gasteiger partial charge in [-0.3, -0.25) is 14.4 Å². The van der Waals surface area contributed by atoms with Gasteiger partial charge in [0.05, 0.1) is 5.41 Å². The van der Waals surface area contributed by atoms with Gasteiger partial charge in [-0.1, -0.05) is 0 Å². The molecule has 3 N–H and O–H groups in total. The van der Waals surface area contributed by atoms with Gasteiger partial charge in [0.1, 0.15) is 5.41 Å². The number of rotatable bonds is 5. The van der Waals surface area contributed by atoms with Gasteiger partial charge >= 0.3 is 5.97 Å². The minimum atomic E-state index is -1.25. The number of carbonyl (C=O) groups is 3. The molecule has 0 spiro atoms. The third-order valence-electron chi connectivity index (χ3n) is 3.13. The number of carboxylic acids is 1. The van der Waals surface area contributed by atoms with Crippen LogP contribution in [0.1, 0.15) is 26.7 Å². The molecule has 0 saturated heterocycles. The first kappa shape index (κ1) is 13.5. The Kier molecular flexibility index (Phi) is 3.45. The summed E-state index contributed by atoms with van der Waals surface area (Å²) in [4.78, 5) is 34.1. The first-order chi connectivity index (χ1) is 7.76. The van der Waals surface area contributed by atoms with E-state index in [1.807, 2.05) is 0 Å². The number of nitrogens with one attached hydrogen (secondary N) is 2. The summed E-state index contributed by atoms with van der Waals surface area (Å²) in [6, 6.07) is 0. The Balaban J connectivity index is 2.55. The molecular weight excluding hydrogens is 224 g/mol. The summed E-state index contributed by atoms with van der Waals surface area (Å²) in [5.41, 5.74) is -2.00. The average Bonchev–Trinajstić information content (AvgIpc) is 3.05. The Morgan fingerprint density at radius 2 is 1.82 bits per heavy atom. The molecule has 17 heavy (non-hydrogen) atoms. The highest BCUT2D eigenvalue weighted by Gasteiger charge is 2.57. The number of aliphatic carboxylic acids is 1. The van der Waals surface area contributed by atoms with Gasteiger partial charge < -0.3 is 15.7 Å². The van der Waals surface area contributed by atoms with E-state index in [4.69, 9.17) is 5.11 Å². The summed E-state index contributed by atoms with van der Waals surface area (Å²) >= 11 is 0. The van der Waals surface area contributed by atoms with Crippen LogP contribution in [0.15, 0.2) is 0 Å². The van der Waals surface area contributed by atoms with Crippen molar-refractivity contribution in [3.63, 3.8) is 0 Å². The van der Waals surface area contributed by atoms with Gasteiger partial charge in [-0.15, -0.1) is 0 Å². The number of hydrogen-bond donors (Lipinski definition) is 3. The van der Waals surface area contributed by atoms with Crippen molar-refractivity contribution < 1.29 is 19.5 Å². The van der Waals surface area contributed by atoms with Gasteiger partial charge in [-0.2, -0.15) is 0 Å². The summed E-state index contributed by atoms with van der Waals surface area (Å²) in [6.07, 6.45) is 0.739. The molecule has 1 fully saturated rings. The van der Waals surface area contributed by atoms with Gasteiger partial charge in [-0.05, 0) is 26.7 Å². The fourth-order valence-corrected chi connectivity index (χ4v) is 1.55. The van der Waals surface area contributed by atoms with Crippen molar-refractivity contribution in [3.05, 3.63) is 0 Å². The molecule has 0 aliphatic heterocycles. The predicted molar refractivity (Wildman–Crippen MR) is 60.2 cm³/mol. The second kappa shape index (κ2) is 4.35. The molecule has 1 rings (SSSR count). The molecule has 96 valence electrons. The largest absolute Gasteiger partial charge is 0.480 e. The summed E-state index contributed by atoms with van der Waals surface area (Å²) in [6.45, 7) is 3.50. The molecule has 6 heteroatoms.